The second-order valence-corrected chi connectivity index (χ2v) is 9.63. The molecule has 4 rings (SSSR count). The molecule has 10 heteroatoms. The second kappa shape index (κ2) is 8.37. The third-order valence-electron chi connectivity index (χ3n) is 5.05. The Balaban J connectivity index is 1.69. The molecular weight excluding hydrogens is 419 g/mol. The number of aryl methyl sites for hydroxylation is 1. The summed E-state index contributed by atoms with van der Waals surface area (Å²) in [7, 11) is -4.78. The van der Waals surface area contributed by atoms with Crippen molar-refractivity contribution in [3.8, 4) is 0 Å². The smallest absolute Gasteiger partial charge is 0.425 e. The largest absolute Gasteiger partial charge is 0.491 e. The van der Waals surface area contributed by atoms with E-state index in [9.17, 15) is 18.2 Å². The van der Waals surface area contributed by atoms with Crippen LogP contribution in [0.4, 0.5) is 0 Å². The van der Waals surface area contributed by atoms with Gasteiger partial charge in [0.15, 0.2) is 9.84 Å². The summed E-state index contributed by atoms with van der Waals surface area (Å²) in [5.74, 6) is 0.425. The predicted molar refractivity (Wildman–Crippen MR) is 112 cm³/mol. The molecule has 2 heterocycles. The summed E-state index contributed by atoms with van der Waals surface area (Å²) in [6, 6.07) is 10.0. The molecule has 1 aliphatic heterocycles. The number of carbonyl (C=O) groups is 1. The van der Waals surface area contributed by atoms with Crippen LogP contribution in [0.3, 0.4) is 0 Å². The minimum atomic E-state index is -3.73. The van der Waals surface area contributed by atoms with Crippen LogP contribution in [0, 0.1) is 6.92 Å². The molecule has 0 spiro atoms. The Morgan fingerprint density at radius 1 is 1.16 bits per heavy atom. The molecule has 1 aliphatic rings. The first-order chi connectivity index (χ1) is 14.7. The lowest BCUT2D eigenvalue weighted by atomic mass is 9.79. The fraction of sp³-hybridized carbons (Fsp3) is 0.286. The van der Waals surface area contributed by atoms with Crippen LogP contribution in [0.2, 0.25) is 0 Å². The highest BCUT2D eigenvalue weighted by molar-refractivity contribution is 7.90. The number of rotatable bonds is 7. The summed E-state index contributed by atoms with van der Waals surface area (Å²) in [5, 5.41) is 17.7. The van der Waals surface area contributed by atoms with Crippen LogP contribution >= 0.6 is 0 Å². The summed E-state index contributed by atoms with van der Waals surface area (Å²) in [5.41, 5.74) is 3.19. The average Bonchev–Trinajstić information content (AvgIpc) is 3.26. The third-order valence-corrected chi connectivity index (χ3v) is 6.83. The number of aromatic nitrogens is 2. The molecule has 0 aliphatic carbocycles. The number of hydrogen-bond acceptors (Lipinski definition) is 8. The lowest BCUT2D eigenvalue weighted by Gasteiger charge is -2.12. The third kappa shape index (κ3) is 4.76. The van der Waals surface area contributed by atoms with Gasteiger partial charge < -0.3 is 14.1 Å². The van der Waals surface area contributed by atoms with Gasteiger partial charge in [0.2, 0.25) is 11.8 Å². The van der Waals surface area contributed by atoms with Crippen LogP contribution in [0.25, 0.3) is 0 Å². The van der Waals surface area contributed by atoms with E-state index in [1.807, 2.05) is 0 Å². The maximum atomic E-state index is 13.3. The van der Waals surface area contributed by atoms with Gasteiger partial charge in [0.25, 0.3) is 0 Å². The Bertz CT molecular complexity index is 1250. The van der Waals surface area contributed by atoms with Crippen molar-refractivity contribution in [3.05, 3.63) is 70.4 Å². The highest BCUT2D eigenvalue weighted by Crippen LogP contribution is 2.25. The van der Waals surface area contributed by atoms with Crippen LogP contribution in [0.1, 0.15) is 41.0 Å². The van der Waals surface area contributed by atoms with Gasteiger partial charge in [-0.3, -0.25) is 4.79 Å². The number of hydrogen-bond donors (Lipinski definition) is 1. The molecule has 2 aromatic carbocycles. The Hall–Kier alpha value is -2.82. The van der Waals surface area contributed by atoms with Crippen molar-refractivity contribution in [1.82, 2.24) is 10.2 Å². The molecule has 1 aromatic heterocycles. The maximum Gasteiger partial charge on any atom is 0.491 e. The topological polar surface area (TPSA) is 120 Å². The Labute approximate surface area is 180 Å². The molecule has 0 saturated heterocycles. The van der Waals surface area contributed by atoms with Crippen LogP contribution in [-0.4, -0.2) is 36.5 Å². The van der Waals surface area contributed by atoms with E-state index in [1.165, 1.54) is 13.0 Å². The SMILES string of the molecule is CC(=O)Cc1ccc(S(=O)(=O)Cc2ccc3c(c2)B(O)OC3)c(Cc2nnc(C)o2)c1. The van der Waals surface area contributed by atoms with Crippen molar-refractivity contribution in [2.45, 2.75) is 43.9 Å². The minimum absolute atomic E-state index is 0.0193. The van der Waals surface area contributed by atoms with Gasteiger partial charge in [-0.2, -0.15) is 0 Å². The molecule has 1 N–H and O–H groups in total. The first-order valence-electron chi connectivity index (χ1n) is 9.75. The van der Waals surface area contributed by atoms with E-state index < -0.39 is 17.0 Å². The van der Waals surface area contributed by atoms with Gasteiger partial charge in [0, 0.05) is 13.3 Å². The van der Waals surface area contributed by atoms with Crippen molar-refractivity contribution in [2.24, 2.45) is 0 Å². The van der Waals surface area contributed by atoms with Gasteiger partial charge in [-0.1, -0.05) is 30.3 Å². The number of nitrogens with zero attached hydrogens (tertiary/aromatic N) is 2. The number of fused-ring (bicyclic) bond motifs is 1. The Morgan fingerprint density at radius 2 is 1.94 bits per heavy atom. The standard InChI is InChI=1S/C21H21BN2O6S/c1-13(25)7-15-4-6-20(18(8-15)10-21-24-23-14(2)30-21)31(27,28)12-16-3-5-17-11-29-22(26)19(17)9-16/h3-6,8-9,26H,7,10-12H2,1-2H3. The second-order valence-electron chi connectivity index (χ2n) is 7.67. The number of carbonyl (C=O) groups excluding carboxylic acids is 1. The van der Waals surface area contributed by atoms with Gasteiger partial charge in [-0.25, -0.2) is 8.42 Å². The lowest BCUT2D eigenvalue weighted by Crippen LogP contribution is -2.28. The molecule has 160 valence electrons. The molecule has 0 amide bonds. The minimum Gasteiger partial charge on any atom is -0.425 e. The van der Waals surface area contributed by atoms with Gasteiger partial charge >= 0.3 is 7.12 Å². The molecule has 0 unspecified atom stereocenters. The first-order valence-corrected chi connectivity index (χ1v) is 11.4. The van der Waals surface area contributed by atoms with Gasteiger partial charge in [0.05, 0.1) is 23.7 Å². The van der Waals surface area contributed by atoms with Crippen LogP contribution in [-0.2, 0) is 44.5 Å². The number of sulfone groups is 1. The molecule has 0 fully saturated rings. The lowest BCUT2D eigenvalue weighted by molar-refractivity contribution is -0.116. The number of Topliss-reactive ketones (excluding diaryl/α,β-unsaturated/α-hetero) is 1. The highest BCUT2D eigenvalue weighted by Gasteiger charge is 2.28. The predicted octanol–water partition coefficient (Wildman–Crippen LogP) is 1.29. The summed E-state index contributed by atoms with van der Waals surface area (Å²) in [6.45, 7) is 3.44. The van der Waals surface area contributed by atoms with Crippen molar-refractivity contribution in [1.29, 1.82) is 0 Å². The van der Waals surface area contributed by atoms with E-state index >= 15 is 0 Å². The summed E-state index contributed by atoms with van der Waals surface area (Å²) >= 11 is 0. The van der Waals surface area contributed by atoms with E-state index in [-0.39, 0.29) is 29.3 Å². The van der Waals surface area contributed by atoms with Crippen LogP contribution in [0.5, 0.6) is 0 Å². The van der Waals surface area contributed by atoms with Gasteiger partial charge in [-0.05, 0) is 40.7 Å². The van der Waals surface area contributed by atoms with Crippen molar-refractivity contribution in [3.63, 3.8) is 0 Å². The summed E-state index contributed by atoms with van der Waals surface area (Å²) < 4.78 is 37.2. The molecule has 0 atom stereocenters. The fourth-order valence-corrected chi connectivity index (χ4v) is 5.27. The Kier molecular flexibility index (Phi) is 5.78. The molecule has 31 heavy (non-hydrogen) atoms. The fourth-order valence-electron chi connectivity index (χ4n) is 3.69. The van der Waals surface area contributed by atoms with E-state index in [0.717, 1.165) is 11.1 Å². The van der Waals surface area contributed by atoms with Gasteiger partial charge in [0.1, 0.15) is 5.78 Å². The van der Waals surface area contributed by atoms with E-state index in [4.69, 9.17) is 9.07 Å². The zero-order valence-corrected chi connectivity index (χ0v) is 18.0. The normalized spacial score (nSPS) is 13.5. The molecule has 0 saturated carbocycles. The monoisotopic (exact) mass is 440 g/mol. The van der Waals surface area contributed by atoms with Gasteiger partial charge in [-0.15, -0.1) is 10.2 Å². The maximum absolute atomic E-state index is 13.3. The molecule has 8 nitrogen and oxygen atoms in total. The van der Waals surface area contributed by atoms with Crippen molar-refractivity contribution < 1.29 is 27.3 Å². The summed E-state index contributed by atoms with van der Waals surface area (Å²) in [6.07, 6.45) is 0.344. The Morgan fingerprint density at radius 3 is 2.65 bits per heavy atom. The zero-order valence-electron chi connectivity index (χ0n) is 17.2. The molecular formula is C21H21BN2O6S. The number of ketones is 1. The van der Waals surface area contributed by atoms with Crippen LogP contribution in [0.15, 0.2) is 45.7 Å². The van der Waals surface area contributed by atoms with E-state index in [0.29, 0.717) is 35.0 Å². The zero-order chi connectivity index (χ0) is 22.2. The number of benzene rings is 2. The highest BCUT2D eigenvalue weighted by atomic mass is 32.2. The first kappa shape index (κ1) is 21.4. The quantitative estimate of drug-likeness (QED) is 0.546. The average molecular weight is 440 g/mol. The van der Waals surface area contributed by atoms with Crippen LogP contribution < -0.4 is 5.46 Å². The van der Waals surface area contributed by atoms with E-state index in [2.05, 4.69) is 10.2 Å². The summed E-state index contributed by atoms with van der Waals surface area (Å²) in [4.78, 5) is 11.7. The van der Waals surface area contributed by atoms with E-state index in [1.54, 1.807) is 37.3 Å². The molecule has 0 radical (unpaired) electrons. The van der Waals surface area contributed by atoms with Crippen molar-refractivity contribution >= 4 is 28.2 Å². The molecule has 3 aromatic rings. The molecule has 0 bridgehead atoms. The van der Waals surface area contributed by atoms with Crippen molar-refractivity contribution in [2.75, 3.05) is 0 Å².